The molecule has 0 fully saturated rings. The van der Waals surface area contributed by atoms with Crippen molar-refractivity contribution in [2.24, 2.45) is 0 Å². The molecule has 0 radical (unpaired) electrons. The number of methoxy groups -OCH3 is 1. The van der Waals surface area contributed by atoms with Gasteiger partial charge in [-0.05, 0) is 35.9 Å². The van der Waals surface area contributed by atoms with Gasteiger partial charge in [-0.3, -0.25) is 4.79 Å². The molecule has 1 amide bonds. The minimum Gasteiger partial charge on any atom is -0.496 e. The zero-order valence-corrected chi connectivity index (χ0v) is 14.8. The monoisotopic (exact) mass is 343 g/mol. The molecule has 2 rings (SSSR count). The van der Waals surface area contributed by atoms with Crippen LogP contribution >= 0.6 is 0 Å². The number of amides is 1. The molecule has 0 bridgehead atoms. The average Bonchev–Trinajstić information content (AvgIpc) is 2.61. The van der Waals surface area contributed by atoms with E-state index in [-0.39, 0.29) is 17.8 Å². The minimum absolute atomic E-state index is 0.0688. The van der Waals surface area contributed by atoms with Crippen molar-refractivity contribution >= 4 is 12.0 Å². The van der Waals surface area contributed by atoms with E-state index in [0.29, 0.717) is 6.54 Å². The third kappa shape index (κ3) is 5.43. The quantitative estimate of drug-likeness (QED) is 0.754. The Bertz CT molecular complexity index is 727. The van der Waals surface area contributed by atoms with Gasteiger partial charge in [-0.25, -0.2) is 4.39 Å². The fraction of sp³-hybridized carbons (Fsp3) is 0.250. The fourth-order valence-corrected chi connectivity index (χ4v) is 2.59. The SMILES string of the molecule is COc1ccccc1[C@@H](CNC(=O)/C=C/c1ccc(F)cc1)[NH+](C)C. The number of benzene rings is 2. The van der Waals surface area contributed by atoms with E-state index < -0.39 is 0 Å². The van der Waals surface area contributed by atoms with E-state index in [2.05, 4.69) is 5.32 Å². The number of halogens is 1. The van der Waals surface area contributed by atoms with Gasteiger partial charge < -0.3 is 15.0 Å². The molecule has 25 heavy (non-hydrogen) atoms. The second-order valence-electron chi connectivity index (χ2n) is 6.00. The maximum Gasteiger partial charge on any atom is 0.244 e. The molecule has 2 aromatic carbocycles. The van der Waals surface area contributed by atoms with E-state index in [4.69, 9.17) is 4.74 Å². The van der Waals surface area contributed by atoms with Gasteiger partial charge in [0.2, 0.25) is 5.91 Å². The van der Waals surface area contributed by atoms with Gasteiger partial charge >= 0.3 is 0 Å². The molecule has 2 N–H and O–H groups in total. The lowest BCUT2D eigenvalue weighted by Crippen LogP contribution is -3.07. The van der Waals surface area contributed by atoms with Gasteiger partial charge in [0.05, 0.1) is 33.3 Å². The summed E-state index contributed by atoms with van der Waals surface area (Å²) in [5.41, 5.74) is 1.82. The summed E-state index contributed by atoms with van der Waals surface area (Å²) in [6.45, 7) is 0.481. The summed E-state index contributed by atoms with van der Waals surface area (Å²) >= 11 is 0. The van der Waals surface area contributed by atoms with E-state index in [1.54, 1.807) is 25.3 Å². The molecule has 0 unspecified atom stereocenters. The second-order valence-corrected chi connectivity index (χ2v) is 6.00. The van der Waals surface area contributed by atoms with Crippen LogP contribution in [-0.2, 0) is 4.79 Å². The van der Waals surface area contributed by atoms with Gasteiger partial charge in [0, 0.05) is 6.08 Å². The standard InChI is InChI=1S/C20H23FN2O2/c1-23(2)18(17-6-4-5-7-19(17)25-3)14-22-20(24)13-10-15-8-11-16(21)12-9-15/h4-13,18H,14H2,1-3H3,(H,22,24)/p+1/b13-10+/t18-/m1/s1. The zero-order chi connectivity index (χ0) is 18.2. The maximum atomic E-state index is 12.9. The van der Waals surface area contributed by atoms with Crippen LogP contribution in [0.2, 0.25) is 0 Å². The predicted molar refractivity (Wildman–Crippen MR) is 97.0 cm³/mol. The highest BCUT2D eigenvalue weighted by Gasteiger charge is 2.21. The van der Waals surface area contributed by atoms with Gasteiger partial charge in [-0.15, -0.1) is 0 Å². The van der Waals surface area contributed by atoms with E-state index in [0.717, 1.165) is 16.9 Å². The first-order valence-corrected chi connectivity index (χ1v) is 8.15. The number of rotatable bonds is 7. The number of carbonyl (C=O) groups is 1. The molecule has 0 heterocycles. The number of nitrogens with one attached hydrogen (secondary N) is 2. The Labute approximate surface area is 147 Å². The van der Waals surface area contributed by atoms with Crippen molar-refractivity contribution in [2.45, 2.75) is 6.04 Å². The smallest absolute Gasteiger partial charge is 0.244 e. The molecule has 132 valence electrons. The summed E-state index contributed by atoms with van der Waals surface area (Å²) in [4.78, 5) is 13.3. The van der Waals surface area contributed by atoms with E-state index >= 15 is 0 Å². The number of para-hydroxylation sites is 1. The summed E-state index contributed by atoms with van der Waals surface area (Å²) in [6.07, 6.45) is 3.12. The summed E-state index contributed by atoms with van der Waals surface area (Å²) in [5, 5.41) is 2.92. The zero-order valence-electron chi connectivity index (χ0n) is 14.8. The van der Waals surface area contributed by atoms with Crippen LogP contribution in [0.1, 0.15) is 17.2 Å². The number of likely N-dealkylation sites (N-methyl/N-ethyl adjacent to an activating group) is 1. The molecule has 0 saturated heterocycles. The van der Waals surface area contributed by atoms with Crippen LogP contribution in [0.3, 0.4) is 0 Å². The van der Waals surface area contributed by atoms with E-state index in [1.165, 1.54) is 23.1 Å². The Morgan fingerprint density at radius 3 is 2.52 bits per heavy atom. The Kier molecular flexibility index (Phi) is 6.71. The first kappa shape index (κ1) is 18.7. The highest BCUT2D eigenvalue weighted by Crippen LogP contribution is 2.22. The van der Waals surface area contributed by atoms with Crippen LogP contribution in [-0.4, -0.2) is 33.7 Å². The summed E-state index contributed by atoms with van der Waals surface area (Å²) < 4.78 is 18.3. The number of carbonyl (C=O) groups excluding carboxylic acids is 1. The molecule has 0 aliphatic heterocycles. The third-order valence-electron chi connectivity index (χ3n) is 3.99. The van der Waals surface area contributed by atoms with Crippen molar-refractivity contribution in [1.82, 2.24) is 5.32 Å². The molecule has 0 spiro atoms. The van der Waals surface area contributed by atoms with Crippen LogP contribution in [0, 0.1) is 5.82 Å². The summed E-state index contributed by atoms with van der Waals surface area (Å²) in [7, 11) is 5.72. The van der Waals surface area contributed by atoms with Gasteiger partial charge in [0.15, 0.2) is 0 Å². The molecule has 2 aromatic rings. The molecule has 0 saturated carbocycles. The van der Waals surface area contributed by atoms with Crippen LogP contribution in [0.4, 0.5) is 4.39 Å². The van der Waals surface area contributed by atoms with Gasteiger partial charge in [0.1, 0.15) is 17.6 Å². The van der Waals surface area contributed by atoms with Crippen LogP contribution in [0.5, 0.6) is 5.75 Å². The topological polar surface area (TPSA) is 42.8 Å². The lowest BCUT2D eigenvalue weighted by Gasteiger charge is -2.23. The van der Waals surface area contributed by atoms with E-state index in [9.17, 15) is 9.18 Å². The number of ether oxygens (including phenoxy) is 1. The summed E-state index contributed by atoms with van der Waals surface area (Å²) in [6, 6.07) is 13.9. The second kappa shape index (κ2) is 8.99. The molecular weight excluding hydrogens is 319 g/mol. The molecule has 0 aliphatic carbocycles. The van der Waals surface area contributed by atoms with E-state index in [1.807, 2.05) is 38.4 Å². The normalized spacial score (nSPS) is 12.4. The first-order chi connectivity index (χ1) is 12.0. The highest BCUT2D eigenvalue weighted by atomic mass is 19.1. The van der Waals surface area contributed by atoms with Crippen LogP contribution < -0.4 is 15.0 Å². The van der Waals surface area contributed by atoms with Gasteiger partial charge in [-0.1, -0.05) is 24.3 Å². The highest BCUT2D eigenvalue weighted by molar-refractivity contribution is 5.91. The van der Waals surface area contributed by atoms with Crippen molar-refractivity contribution in [1.29, 1.82) is 0 Å². The molecule has 5 heteroatoms. The summed E-state index contributed by atoms with van der Waals surface area (Å²) in [5.74, 6) is 0.325. The minimum atomic E-state index is -0.296. The fourth-order valence-electron chi connectivity index (χ4n) is 2.59. The first-order valence-electron chi connectivity index (χ1n) is 8.15. The van der Waals surface area contributed by atoms with Crippen LogP contribution in [0.15, 0.2) is 54.6 Å². The van der Waals surface area contributed by atoms with Crippen molar-refractivity contribution < 1.29 is 18.8 Å². The number of quaternary nitrogens is 1. The molecular formula is C20H24FN2O2+. The molecule has 4 nitrogen and oxygen atoms in total. The van der Waals surface area contributed by atoms with Gasteiger partial charge in [-0.2, -0.15) is 0 Å². The van der Waals surface area contributed by atoms with Gasteiger partial charge in [0.25, 0.3) is 0 Å². The van der Waals surface area contributed by atoms with Crippen molar-refractivity contribution in [3.63, 3.8) is 0 Å². The number of hydrogen-bond acceptors (Lipinski definition) is 2. The number of hydrogen-bond donors (Lipinski definition) is 2. The largest absolute Gasteiger partial charge is 0.496 e. The van der Waals surface area contributed by atoms with Crippen molar-refractivity contribution in [3.05, 3.63) is 71.6 Å². The lowest BCUT2D eigenvalue weighted by molar-refractivity contribution is -0.890. The Morgan fingerprint density at radius 1 is 1.20 bits per heavy atom. The molecule has 0 aromatic heterocycles. The average molecular weight is 343 g/mol. The predicted octanol–water partition coefficient (Wildman–Crippen LogP) is 1.85. The molecule has 1 atom stereocenters. The Hall–Kier alpha value is -2.66. The van der Waals surface area contributed by atoms with Crippen molar-refractivity contribution in [2.75, 3.05) is 27.7 Å². The maximum absolute atomic E-state index is 12.9. The lowest BCUT2D eigenvalue weighted by atomic mass is 10.0. The Balaban J connectivity index is 2.01. The third-order valence-corrected chi connectivity index (χ3v) is 3.99. The van der Waals surface area contributed by atoms with Crippen LogP contribution in [0.25, 0.3) is 6.08 Å². The van der Waals surface area contributed by atoms with Crippen molar-refractivity contribution in [3.8, 4) is 5.75 Å². The Morgan fingerprint density at radius 2 is 1.88 bits per heavy atom. The molecule has 0 aliphatic rings.